The number of aromatic amines is 1. The maximum atomic E-state index is 12.9. The zero-order chi connectivity index (χ0) is 17.1. The molecule has 0 atom stereocenters. The third-order valence-corrected chi connectivity index (χ3v) is 4.65. The molecule has 1 aliphatic rings. The van der Waals surface area contributed by atoms with Crippen molar-refractivity contribution in [2.75, 3.05) is 13.1 Å². The Balaban J connectivity index is 1.68. The summed E-state index contributed by atoms with van der Waals surface area (Å²) in [4.78, 5) is 19.1. The van der Waals surface area contributed by atoms with Gasteiger partial charge in [0.1, 0.15) is 12.2 Å². The summed E-state index contributed by atoms with van der Waals surface area (Å²) >= 11 is 0. The lowest BCUT2D eigenvalue weighted by Crippen LogP contribution is -2.38. The fourth-order valence-electron chi connectivity index (χ4n) is 3.40. The molecule has 0 unspecified atom stereocenters. The van der Waals surface area contributed by atoms with Gasteiger partial charge in [0.15, 0.2) is 0 Å². The zero-order valence-electron chi connectivity index (χ0n) is 14.7. The number of likely N-dealkylation sites (tertiary alicyclic amines) is 1. The standard InChI is InChI=1S/C17H26N6O/c1-4-15-14(9-20-23(15)10-12(2)3)17(24)22-7-5-13(6-8-22)16-18-11-19-21-16/h9,11-13H,4-8,10H2,1-3H3,(H,18,19,21). The molecule has 0 aromatic carbocycles. The number of nitrogens with one attached hydrogen (secondary N) is 1. The van der Waals surface area contributed by atoms with Crippen molar-refractivity contribution in [1.29, 1.82) is 0 Å². The van der Waals surface area contributed by atoms with Gasteiger partial charge in [0, 0.05) is 25.6 Å². The van der Waals surface area contributed by atoms with Gasteiger partial charge in [-0.2, -0.15) is 10.2 Å². The van der Waals surface area contributed by atoms with Crippen LogP contribution in [0, 0.1) is 5.92 Å². The summed E-state index contributed by atoms with van der Waals surface area (Å²) in [6, 6.07) is 0. The fourth-order valence-corrected chi connectivity index (χ4v) is 3.40. The Hall–Kier alpha value is -2.18. The van der Waals surface area contributed by atoms with E-state index in [0.717, 1.165) is 56.0 Å². The predicted octanol–water partition coefficient (Wildman–Crippen LogP) is 2.24. The monoisotopic (exact) mass is 330 g/mol. The number of carbonyl (C=O) groups is 1. The Morgan fingerprint density at radius 1 is 1.38 bits per heavy atom. The number of aromatic nitrogens is 5. The van der Waals surface area contributed by atoms with Crippen LogP contribution in [-0.2, 0) is 13.0 Å². The number of amides is 1. The van der Waals surface area contributed by atoms with E-state index in [2.05, 4.69) is 41.1 Å². The number of nitrogens with zero attached hydrogens (tertiary/aromatic N) is 5. The Morgan fingerprint density at radius 2 is 2.12 bits per heavy atom. The molecule has 3 heterocycles. The highest BCUT2D eigenvalue weighted by molar-refractivity contribution is 5.95. The molecular formula is C17H26N6O. The van der Waals surface area contributed by atoms with Crippen molar-refractivity contribution in [3.8, 4) is 0 Å². The van der Waals surface area contributed by atoms with E-state index in [-0.39, 0.29) is 5.91 Å². The minimum absolute atomic E-state index is 0.109. The molecule has 24 heavy (non-hydrogen) atoms. The second-order valence-corrected chi connectivity index (χ2v) is 6.87. The van der Waals surface area contributed by atoms with Crippen LogP contribution in [0.3, 0.4) is 0 Å². The number of hydrogen-bond acceptors (Lipinski definition) is 4. The number of carbonyl (C=O) groups excluding carboxylic acids is 1. The molecule has 0 spiro atoms. The average molecular weight is 330 g/mol. The highest BCUT2D eigenvalue weighted by Crippen LogP contribution is 2.26. The quantitative estimate of drug-likeness (QED) is 0.912. The van der Waals surface area contributed by atoms with Crippen LogP contribution in [0.4, 0.5) is 0 Å². The van der Waals surface area contributed by atoms with E-state index in [0.29, 0.717) is 11.8 Å². The molecule has 2 aromatic rings. The van der Waals surface area contributed by atoms with E-state index in [1.165, 1.54) is 0 Å². The molecule has 1 N–H and O–H groups in total. The summed E-state index contributed by atoms with van der Waals surface area (Å²) < 4.78 is 1.99. The molecule has 130 valence electrons. The highest BCUT2D eigenvalue weighted by Gasteiger charge is 2.28. The minimum Gasteiger partial charge on any atom is -0.338 e. The van der Waals surface area contributed by atoms with Crippen molar-refractivity contribution in [1.82, 2.24) is 29.9 Å². The second-order valence-electron chi connectivity index (χ2n) is 6.87. The van der Waals surface area contributed by atoms with Crippen molar-refractivity contribution < 1.29 is 4.79 Å². The molecule has 0 saturated carbocycles. The van der Waals surface area contributed by atoms with Crippen LogP contribution in [0.2, 0.25) is 0 Å². The van der Waals surface area contributed by atoms with Crippen LogP contribution in [0.1, 0.15) is 61.4 Å². The summed E-state index contributed by atoms with van der Waals surface area (Å²) in [6.07, 6.45) is 5.95. The van der Waals surface area contributed by atoms with Gasteiger partial charge in [-0.25, -0.2) is 4.98 Å². The van der Waals surface area contributed by atoms with Crippen LogP contribution in [0.5, 0.6) is 0 Å². The van der Waals surface area contributed by atoms with Crippen LogP contribution in [0.15, 0.2) is 12.5 Å². The van der Waals surface area contributed by atoms with Gasteiger partial charge in [0.25, 0.3) is 5.91 Å². The molecule has 1 amide bonds. The van der Waals surface area contributed by atoms with Gasteiger partial charge < -0.3 is 4.90 Å². The number of hydrogen-bond donors (Lipinski definition) is 1. The van der Waals surface area contributed by atoms with Gasteiger partial charge in [0.2, 0.25) is 0 Å². The minimum atomic E-state index is 0.109. The van der Waals surface area contributed by atoms with Crippen molar-refractivity contribution in [3.63, 3.8) is 0 Å². The summed E-state index contributed by atoms with van der Waals surface area (Å²) in [6.45, 7) is 8.77. The summed E-state index contributed by atoms with van der Waals surface area (Å²) in [5, 5.41) is 11.3. The Kier molecular flexibility index (Phi) is 4.97. The Morgan fingerprint density at radius 3 is 2.71 bits per heavy atom. The number of rotatable bonds is 5. The first-order valence-corrected chi connectivity index (χ1v) is 8.79. The lowest BCUT2D eigenvalue weighted by Gasteiger charge is -2.31. The van der Waals surface area contributed by atoms with Crippen molar-refractivity contribution in [2.24, 2.45) is 5.92 Å². The van der Waals surface area contributed by atoms with E-state index in [9.17, 15) is 4.79 Å². The summed E-state index contributed by atoms with van der Waals surface area (Å²) in [7, 11) is 0. The molecule has 7 heteroatoms. The van der Waals surface area contributed by atoms with Crippen molar-refractivity contribution in [3.05, 3.63) is 29.6 Å². The van der Waals surface area contributed by atoms with Gasteiger partial charge in [-0.3, -0.25) is 14.6 Å². The van der Waals surface area contributed by atoms with E-state index in [1.54, 1.807) is 12.5 Å². The molecule has 1 fully saturated rings. The third kappa shape index (κ3) is 3.34. The number of piperidine rings is 1. The highest BCUT2D eigenvalue weighted by atomic mass is 16.2. The van der Waals surface area contributed by atoms with E-state index in [4.69, 9.17) is 0 Å². The van der Waals surface area contributed by atoms with Crippen molar-refractivity contribution in [2.45, 2.75) is 52.5 Å². The topological polar surface area (TPSA) is 79.7 Å². The maximum Gasteiger partial charge on any atom is 0.257 e. The molecule has 0 aliphatic carbocycles. The molecule has 2 aromatic heterocycles. The predicted molar refractivity (Wildman–Crippen MR) is 90.7 cm³/mol. The van der Waals surface area contributed by atoms with Gasteiger partial charge in [0.05, 0.1) is 17.5 Å². The SMILES string of the molecule is CCc1c(C(=O)N2CCC(c3ncn[nH]3)CC2)cnn1CC(C)C. The number of H-pyrrole nitrogens is 1. The first-order valence-electron chi connectivity index (χ1n) is 8.79. The third-order valence-electron chi connectivity index (χ3n) is 4.65. The molecular weight excluding hydrogens is 304 g/mol. The maximum absolute atomic E-state index is 12.9. The Labute approximate surface area is 142 Å². The van der Waals surface area contributed by atoms with Gasteiger partial charge in [-0.05, 0) is 25.2 Å². The van der Waals surface area contributed by atoms with E-state index >= 15 is 0 Å². The average Bonchev–Trinajstić information content (AvgIpc) is 3.23. The van der Waals surface area contributed by atoms with Crippen molar-refractivity contribution >= 4 is 5.91 Å². The first kappa shape index (κ1) is 16.7. The summed E-state index contributed by atoms with van der Waals surface area (Å²) in [5.74, 6) is 1.92. The molecule has 0 bridgehead atoms. The smallest absolute Gasteiger partial charge is 0.257 e. The van der Waals surface area contributed by atoms with Crippen LogP contribution < -0.4 is 0 Å². The first-order chi connectivity index (χ1) is 11.6. The van der Waals surface area contributed by atoms with E-state index in [1.807, 2.05) is 9.58 Å². The van der Waals surface area contributed by atoms with Gasteiger partial charge in [-0.1, -0.05) is 20.8 Å². The van der Waals surface area contributed by atoms with E-state index < -0.39 is 0 Å². The molecule has 1 saturated heterocycles. The fraction of sp³-hybridized carbons (Fsp3) is 0.647. The largest absolute Gasteiger partial charge is 0.338 e. The second kappa shape index (κ2) is 7.15. The lowest BCUT2D eigenvalue weighted by atomic mass is 9.95. The van der Waals surface area contributed by atoms with Gasteiger partial charge in [-0.15, -0.1) is 0 Å². The van der Waals surface area contributed by atoms with Gasteiger partial charge >= 0.3 is 0 Å². The van der Waals surface area contributed by atoms with Crippen LogP contribution >= 0.6 is 0 Å². The molecule has 0 radical (unpaired) electrons. The van der Waals surface area contributed by atoms with Crippen LogP contribution in [0.25, 0.3) is 0 Å². The Bertz CT molecular complexity index is 667. The zero-order valence-corrected chi connectivity index (χ0v) is 14.7. The summed E-state index contributed by atoms with van der Waals surface area (Å²) in [5.41, 5.74) is 1.81. The van der Waals surface area contributed by atoms with Crippen LogP contribution in [-0.4, -0.2) is 48.9 Å². The molecule has 1 aliphatic heterocycles. The normalized spacial score (nSPS) is 16.1. The lowest BCUT2D eigenvalue weighted by molar-refractivity contribution is 0.0710. The molecule has 3 rings (SSSR count). The molecule has 7 nitrogen and oxygen atoms in total.